The fourth-order valence-corrected chi connectivity index (χ4v) is 4.32. The molecule has 4 aromatic rings. The molecule has 5 rings (SSSR count). The van der Waals surface area contributed by atoms with Gasteiger partial charge in [0.25, 0.3) is 5.91 Å². The van der Waals surface area contributed by atoms with Crippen LogP contribution in [-0.4, -0.2) is 51.7 Å². The van der Waals surface area contributed by atoms with Crippen LogP contribution in [0.4, 0.5) is 18.9 Å². The van der Waals surface area contributed by atoms with E-state index < -0.39 is 17.6 Å². The zero-order valence-corrected chi connectivity index (χ0v) is 19.5. The van der Waals surface area contributed by atoms with Gasteiger partial charge in [-0.15, -0.1) is 0 Å². The second-order valence-corrected chi connectivity index (χ2v) is 8.68. The molecule has 2 aromatic carbocycles. The van der Waals surface area contributed by atoms with Gasteiger partial charge in [-0.2, -0.15) is 18.3 Å². The van der Waals surface area contributed by atoms with Crippen molar-refractivity contribution in [2.75, 3.05) is 31.6 Å². The number of alkyl halides is 3. The Bertz CT molecular complexity index is 1410. The highest BCUT2D eigenvalue weighted by Crippen LogP contribution is 2.37. The van der Waals surface area contributed by atoms with Crippen LogP contribution in [0.5, 0.6) is 0 Å². The molecule has 1 amide bonds. The van der Waals surface area contributed by atoms with Gasteiger partial charge in [-0.25, -0.2) is 9.50 Å². The molecule has 36 heavy (non-hydrogen) atoms. The summed E-state index contributed by atoms with van der Waals surface area (Å²) < 4.78 is 47.6. The number of rotatable bonds is 5. The summed E-state index contributed by atoms with van der Waals surface area (Å²) in [4.78, 5) is 19.7. The average molecular weight is 496 g/mol. The maximum atomic E-state index is 13.6. The number of nitrogens with zero attached hydrogens (tertiary/aromatic N) is 4. The van der Waals surface area contributed by atoms with Gasteiger partial charge in [0.15, 0.2) is 11.3 Å². The van der Waals surface area contributed by atoms with E-state index in [0.29, 0.717) is 30.1 Å². The highest BCUT2D eigenvalue weighted by molar-refractivity contribution is 6.03. The van der Waals surface area contributed by atoms with Gasteiger partial charge < -0.3 is 10.1 Å². The Labute approximate surface area is 205 Å². The first-order chi connectivity index (χ1) is 17.3. The summed E-state index contributed by atoms with van der Waals surface area (Å²) in [5, 5.41) is 7.27. The van der Waals surface area contributed by atoms with Crippen molar-refractivity contribution in [3.63, 3.8) is 0 Å². The Morgan fingerprint density at radius 1 is 1.08 bits per heavy atom. The highest BCUT2D eigenvalue weighted by atomic mass is 19.4. The molecule has 1 N–H and O–H groups in total. The number of ether oxygens (including phenoxy) is 1. The van der Waals surface area contributed by atoms with Crippen molar-refractivity contribution in [2.45, 2.75) is 19.6 Å². The molecule has 1 saturated heterocycles. The summed E-state index contributed by atoms with van der Waals surface area (Å²) in [5.74, 6) is -0.461. The van der Waals surface area contributed by atoms with E-state index in [2.05, 4.69) is 20.3 Å². The van der Waals surface area contributed by atoms with E-state index in [9.17, 15) is 18.0 Å². The van der Waals surface area contributed by atoms with Crippen molar-refractivity contribution in [1.82, 2.24) is 19.5 Å². The number of amides is 1. The molecule has 0 saturated carbocycles. The van der Waals surface area contributed by atoms with E-state index in [0.717, 1.165) is 31.3 Å². The number of carbonyl (C=O) groups is 1. The molecule has 3 heterocycles. The zero-order valence-electron chi connectivity index (χ0n) is 19.5. The smallest absolute Gasteiger partial charge is 0.379 e. The summed E-state index contributed by atoms with van der Waals surface area (Å²) in [7, 11) is 0. The fraction of sp³-hybridized carbons (Fsp3) is 0.269. The lowest BCUT2D eigenvalue weighted by Crippen LogP contribution is -2.35. The zero-order chi connectivity index (χ0) is 25.3. The number of hydrogen-bond donors (Lipinski definition) is 1. The molecule has 0 bridgehead atoms. The Morgan fingerprint density at radius 3 is 2.64 bits per heavy atom. The van der Waals surface area contributed by atoms with Crippen LogP contribution < -0.4 is 5.32 Å². The minimum absolute atomic E-state index is 0.0553. The first-order valence-electron chi connectivity index (χ1n) is 11.5. The Hall–Kier alpha value is -3.76. The molecule has 7 nitrogen and oxygen atoms in total. The molecule has 0 radical (unpaired) electrons. The molecule has 0 spiro atoms. The van der Waals surface area contributed by atoms with Gasteiger partial charge >= 0.3 is 6.18 Å². The summed E-state index contributed by atoms with van der Waals surface area (Å²) in [5.41, 5.74) is 1.95. The molecule has 0 unspecified atom stereocenters. The summed E-state index contributed by atoms with van der Waals surface area (Å²) in [6.07, 6.45) is -3.17. The predicted octanol–water partition coefficient (Wildman–Crippen LogP) is 4.81. The van der Waals surface area contributed by atoms with Crippen LogP contribution in [0.25, 0.3) is 16.9 Å². The molecular formula is C26H24F3N5O2. The number of nitrogens with one attached hydrogen (secondary N) is 1. The van der Waals surface area contributed by atoms with Crippen molar-refractivity contribution >= 4 is 17.2 Å². The molecule has 186 valence electrons. The second kappa shape index (κ2) is 9.71. The number of benzene rings is 2. The van der Waals surface area contributed by atoms with Gasteiger partial charge in [-0.1, -0.05) is 30.3 Å². The van der Waals surface area contributed by atoms with Crippen LogP contribution in [0.1, 0.15) is 27.2 Å². The standard InChI is InChI=1S/C26H24F3N5O2/c1-17-13-23-30-15-22(34(23)32-24(17)20-7-2-3-8-21(20)26(27,28)29)25(35)31-19-6-4-5-18(14-19)16-33-9-11-36-12-10-33/h2-8,13-15H,9-12,16H2,1H3,(H,31,35). The van der Waals surface area contributed by atoms with Crippen LogP contribution in [0, 0.1) is 6.92 Å². The van der Waals surface area contributed by atoms with Crippen LogP contribution in [0.2, 0.25) is 0 Å². The number of fused-ring (bicyclic) bond motifs is 1. The van der Waals surface area contributed by atoms with E-state index in [4.69, 9.17) is 4.74 Å². The number of anilines is 1. The quantitative estimate of drug-likeness (QED) is 0.430. The summed E-state index contributed by atoms with van der Waals surface area (Å²) in [6.45, 7) is 5.52. The first-order valence-corrected chi connectivity index (χ1v) is 11.5. The topological polar surface area (TPSA) is 71.8 Å². The number of morpholine rings is 1. The highest BCUT2D eigenvalue weighted by Gasteiger charge is 2.34. The number of imidazole rings is 1. The number of aromatic nitrogens is 3. The minimum Gasteiger partial charge on any atom is -0.379 e. The largest absolute Gasteiger partial charge is 0.417 e. The molecule has 2 aromatic heterocycles. The monoisotopic (exact) mass is 495 g/mol. The number of aryl methyl sites for hydroxylation is 1. The van der Waals surface area contributed by atoms with Gasteiger partial charge in [0.1, 0.15) is 0 Å². The van der Waals surface area contributed by atoms with Crippen molar-refractivity contribution in [3.8, 4) is 11.3 Å². The van der Waals surface area contributed by atoms with E-state index in [1.54, 1.807) is 19.1 Å². The lowest BCUT2D eigenvalue weighted by atomic mass is 10.0. The molecule has 1 fully saturated rings. The van der Waals surface area contributed by atoms with Crippen molar-refractivity contribution in [2.24, 2.45) is 0 Å². The number of halogens is 3. The molecule has 10 heteroatoms. The van der Waals surface area contributed by atoms with Crippen molar-refractivity contribution < 1.29 is 22.7 Å². The Morgan fingerprint density at radius 2 is 1.86 bits per heavy atom. The molecule has 0 aliphatic carbocycles. The fourth-order valence-electron chi connectivity index (χ4n) is 4.32. The normalized spacial score (nSPS) is 14.8. The van der Waals surface area contributed by atoms with E-state index in [-0.39, 0.29) is 17.0 Å². The predicted molar refractivity (Wildman–Crippen MR) is 129 cm³/mol. The van der Waals surface area contributed by atoms with Gasteiger partial charge in [-0.05, 0) is 42.3 Å². The lowest BCUT2D eigenvalue weighted by molar-refractivity contribution is -0.137. The van der Waals surface area contributed by atoms with E-state index >= 15 is 0 Å². The third-order valence-electron chi connectivity index (χ3n) is 6.10. The van der Waals surface area contributed by atoms with Gasteiger partial charge in [0.2, 0.25) is 0 Å². The van der Waals surface area contributed by atoms with E-state index in [1.165, 1.54) is 28.9 Å². The Kier molecular flexibility index (Phi) is 6.46. The lowest BCUT2D eigenvalue weighted by Gasteiger charge is -2.26. The SMILES string of the molecule is Cc1cc2ncc(C(=O)Nc3cccc(CN4CCOCC4)c3)n2nc1-c1ccccc1C(F)(F)F. The summed E-state index contributed by atoms with van der Waals surface area (Å²) >= 11 is 0. The second-order valence-electron chi connectivity index (χ2n) is 8.68. The van der Waals surface area contributed by atoms with Crippen LogP contribution in [0.15, 0.2) is 60.8 Å². The maximum absolute atomic E-state index is 13.6. The van der Waals surface area contributed by atoms with Gasteiger partial charge in [-0.3, -0.25) is 9.69 Å². The van der Waals surface area contributed by atoms with Crippen molar-refractivity contribution in [1.29, 1.82) is 0 Å². The molecule has 0 atom stereocenters. The number of hydrogen-bond acceptors (Lipinski definition) is 5. The van der Waals surface area contributed by atoms with Crippen LogP contribution in [0.3, 0.4) is 0 Å². The molecule has 1 aliphatic rings. The molecule has 1 aliphatic heterocycles. The average Bonchev–Trinajstić information content (AvgIpc) is 3.26. The third-order valence-corrected chi connectivity index (χ3v) is 6.10. The van der Waals surface area contributed by atoms with E-state index in [1.807, 2.05) is 18.2 Å². The van der Waals surface area contributed by atoms with Crippen LogP contribution in [-0.2, 0) is 17.5 Å². The summed E-state index contributed by atoms with van der Waals surface area (Å²) in [6, 6.07) is 14.4. The van der Waals surface area contributed by atoms with Gasteiger partial charge in [0, 0.05) is 30.9 Å². The maximum Gasteiger partial charge on any atom is 0.417 e. The minimum atomic E-state index is -4.54. The number of carbonyl (C=O) groups excluding carboxylic acids is 1. The van der Waals surface area contributed by atoms with Gasteiger partial charge in [0.05, 0.1) is 30.7 Å². The third kappa shape index (κ3) is 4.95. The van der Waals surface area contributed by atoms with Crippen LogP contribution >= 0.6 is 0 Å². The molecular weight excluding hydrogens is 471 g/mol. The Balaban J connectivity index is 1.43. The van der Waals surface area contributed by atoms with Crippen molar-refractivity contribution in [3.05, 3.63) is 83.2 Å². The first kappa shape index (κ1) is 24.0.